The predicted octanol–water partition coefficient (Wildman–Crippen LogP) is 1.74. The molecule has 0 amide bonds. The monoisotopic (exact) mass is 209 g/mol. The lowest BCUT2D eigenvalue weighted by molar-refractivity contribution is -0.384. The summed E-state index contributed by atoms with van der Waals surface area (Å²) in [7, 11) is 0. The van der Waals surface area contributed by atoms with Gasteiger partial charge >= 0.3 is 0 Å². The van der Waals surface area contributed by atoms with E-state index in [0.29, 0.717) is 12.2 Å². The summed E-state index contributed by atoms with van der Waals surface area (Å²) in [6.07, 6.45) is 0. The maximum atomic E-state index is 10.5. The number of hydrogen-bond acceptors (Lipinski definition) is 4. The van der Waals surface area contributed by atoms with Crippen LogP contribution >= 0.6 is 0 Å². The molecule has 0 aliphatic rings. The molecular weight excluding hydrogens is 194 g/mol. The Morgan fingerprint density at radius 1 is 1.53 bits per heavy atom. The van der Waals surface area contributed by atoms with Crippen molar-refractivity contribution in [1.82, 2.24) is 0 Å². The Bertz CT molecular complexity index is 358. The number of nitro benzene ring substituents is 1. The van der Waals surface area contributed by atoms with Gasteiger partial charge in [0.05, 0.1) is 4.92 Å². The fraction of sp³-hybridized carbons (Fsp3) is 0.400. The van der Waals surface area contributed by atoms with Crippen LogP contribution in [0.4, 0.5) is 11.4 Å². The van der Waals surface area contributed by atoms with Crippen molar-refractivity contribution < 1.29 is 4.92 Å². The first-order chi connectivity index (χ1) is 6.88. The molecule has 0 fully saturated rings. The van der Waals surface area contributed by atoms with Crippen molar-refractivity contribution in [3.8, 4) is 0 Å². The molecule has 0 unspecified atom stereocenters. The molecule has 0 aliphatic heterocycles. The zero-order chi connectivity index (χ0) is 11.5. The summed E-state index contributed by atoms with van der Waals surface area (Å²) in [5.41, 5.74) is 6.23. The lowest BCUT2D eigenvalue weighted by atomic mass is 10.1. The number of nitro groups is 1. The second kappa shape index (κ2) is 4.27. The number of nitrogens with zero attached hydrogens (tertiary/aromatic N) is 1. The molecule has 0 spiro atoms. The Kier molecular flexibility index (Phi) is 3.26. The van der Waals surface area contributed by atoms with Crippen molar-refractivity contribution in [2.24, 2.45) is 5.73 Å². The minimum absolute atomic E-state index is 0.0785. The quantitative estimate of drug-likeness (QED) is 0.584. The number of anilines is 1. The first-order valence-electron chi connectivity index (χ1n) is 4.66. The van der Waals surface area contributed by atoms with Crippen molar-refractivity contribution in [3.05, 3.63) is 34.4 Å². The number of nitrogens with two attached hydrogens (primary N) is 1. The molecule has 1 rings (SSSR count). The molecule has 0 saturated heterocycles. The minimum atomic E-state index is -0.418. The molecule has 0 aromatic heterocycles. The van der Waals surface area contributed by atoms with Crippen LogP contribution in [0, 0.1) is 10.1 Å². The lowest BCUT2D eigenvalue weighted by Gasteiger charge is -2.19. The highest BCUT2D eigenvalue weighted by Crippen LogP contribution is 2.17. The van der Waals surface area contributed by atoms with Gasteiger partial charge < -0.3 is 11.1 Å². The second-order valence-corrected chi connectivity index (χ2v) is 4.15. The highest BCUT2D eigenvalue weighted by molar-refractivity contribution is 5.51. The molecule has 1 aromatic rings. The normalized spacial score (nSPS) is 11.1. The van der Waals surface area contributed by atoms with Gasteiger partial charge in [-0.15, -0.1) is 0 Å². The maximum absolute atomic E-state index is 10.5. The molecule has 82 valence electrons. The average Bonchev–Trinajstić information content (AvgIpc) is 2.14. The van der Waals surface area contributed by atoms with Crippen LogP contribution < -0.4 is 11.1 Å². The van der Waals surface area contributed by atoms with Crippen LogP contribution in [0.5, 0.6) is 0 Å². The van der Waals surface area contributed by atoms with Crippen LogP contribution in [0.25, 0.3) is 0 Å². The van der Waals surface area contributed by atoms with Crippen LogP contribution in [0.3, 0.4) is 0 Å². The number of benzene rings is 1. The molecule has 5 nitrogen and oxygen atoms in total. The molecular formula is C10H15N3O2. The third-order valence-corrected chi connectivity index (χ3v) is 1.81. The summed E-state index contributed by atoms with van der Waals surface area (Å²) in [6, 6.07) is 6.37. The molecule has 0 radical (unpaired) electrons. The van der Waals surface area contributed by atoms with Gasteiger partial charge in [0.2, 0.25) is 0 Å². The Balaban J connectivity index is 2.70. The van der Waals surface area contributed by atoms with Crippen LogP contribution in [0.15, 0.2) is 24.3 Å². The molecule has 0 heterocycles. The third-order valence-electron chi connectivity index (χ3n) is 1.81. The first kappa shape index (κ1) is 11.5. The minimum Gasteiger partial charge on any atom is -0.383 e. The van der Waals surface area contributed by atoms with Gasteiger partial charge in [-0.05, 0) is 19.9 Å². The molecule has 15 heavy (non-hydrogen) atoms. The first-order valence-corrected chi connectivity index (χ1v) is 4.66. The Morgan fingerprint density at radius 2 is 2.20 bits per heavy atom. The second-order valence-electron chi connectivity index (χ2n) is 4.15. The van der Waals surface area contributed by atoms with Gasteiger partial charge in [-0.3, -0.25) is 10.1 Å². The SMILES string of the molecule is CC(C)(N)CNc1cccc([N+](=O)[O-])c1. The Morgan fingerprint density at radius 3 is 2.73 bits per heavy atom. The lowest BCUT2D eigenvalue weighted by Crippen LogP contribution is -2.39. The van der Waals surface area contributed by atoms with E-state index in [1.165, 1.54) is 12.1 Å². The Labute approximate surface area is 88.4 Å². The molecule has 0 atom stereocenters. The van der Waals surface area contributed by atoms with Crippen molar-refractivity contribution in [1.29, 1.82) is 0 Å². The maximum Gasteiger partial charge on any atom is 0.271 e. The molecule has 5 heteroatoms. The van der Waals surface area contributed by atoms with Crippen molar-refractivity contribution in [3.63, 3.8) is 0 Å². The van der Waals surface area contributed by atoms with E-state index in [4.69, 9.17) is 5.73 Å². The fourth-order valence-electron chi connectivity index (χ4n) is 1.06. The van der Waals surface area contributed by atoms with E-state index in [1.807, 2.05) is 13.8 Å². The standard InChI is InChI=1S/C10H15N3O2/c1-10(2,11)7-12-8-4-3-5-9(6-8)13(14)15/h3-6,12H,7,11H2,1-2H3. The average molecular weight is 209 g/mol. The van der Waals surface area contributed by atoms with E-state index >= 15 is 0 Å². The van der Waals surface area contributed by atoms with E-state index in [-0.39, 0.29) is 11.2 Å². The zero-order valence-electron chi connectivity index (χ0n) is 8.86. The summed E-state index contributed by atoms with van der Waals surface area (Å²) < 4.78 is 0. The molecule has 3 N–H and O–H groups in total. The van der Waals surface area contributed by atoms with Gasteiger partial charge in [0.15, 0.2) is 0 Å². The fourth-order valence-corrected chi connectivity index (χ4v) is 1.06. The largest absolute Gasteiger partial charge is 0.383 e. The van der Waals surface area contributed by atoms with Crippen molar-refractivity contribution >= 4 is 11.4 Å². The third kappa shape index (κ3) is 3.95. The highest BCUT2D eigenvalue weighted by atomic mass is 16.6. The Hall–Kier alpha value is -1.62. The van der Waals surface area contributed by atoms with Crippen molar-refractivity contribution in [2.75, 3.05) is 11.9 Å². The molecule has 0 aliphatic carbocycles. The topological polar surface area (TPSA) is 81.2 Å². The van der Waals surface area contributed by atoms with E-state index in [0.717, 1.165) is 0 Å². The summed E-state index contributed by atoms with van der Waals surface area (Å²) in [5.74, 6) is 0. The van der Waals surface area contributed by atoms with Crippen molar-refractivity contribution in [2.45, 2.75) is 19.4 Å². The summed E-state index contributed by atoms with van der Waals surface area (Å²) in [6.45, 7) is 4.34. The van der Waals surface area contributed by atoms with E-state index < -0.39 is 4.92 Å². The van der Waals surface area contributed by atoms with E-state index in [9.17, 15) is 10.1 Å². The summed E-state index contributed by atoms with van der Waals surface area (Å²) in [4.78, 5) is 10.1. The van der Waals surface area contributed by atoms with Gasteiger partial charge in [-0.25, -0.2) is 0 Å². The van der Waals surface area contributed by atoms with Crippen LogP contribution in [-0.4, -0.2) is 17.0 Å². The van der Waals surface area contributed by atoms with E-state index in [1.54, 1.807) is 12.1 Å². The van der Waals surface area contributed by atoms with Gasteiger partial charge in [-0.1, -0.05) is 6.07 Å². The molecule has 0 saturated carbocycles. The van der Waals surface area contributed by atoms with Crippen LogP contribution in [0.1, 0.15) is 13.8 Å². The number of non-ortho nitro benzene ring substituents is 1. The van der Waals surface area contributed by atoms with Gasteiger partial charge in [0.25, 0.3) is 5.69 Å². The summed E-state index contributed by atoms with van der Waals surface area (Å²) >= 11 is 0. The van der Waals surface area contributed by atoms with Crippen LogP contribution in [-0.2, 0) is 0 Å². The van der Waals surface area contributed by atoms with Gasteiger partial charge in [-0.2, -0.15) is 0 Å². The number of nitrogens with one attached hydrogen (secondary N) is 1. The smallest absolute Gasteiger partial charge is 0.271 e. The predicted molar refractivity (Wildman–Crippen MR) is 59.9 cm³/mol. The molecule has 0 bridgehead atoms. The number of rotatable bonds is 4. The highest BCUT2D eigenvalue weighted by Gasteiger charge is 2.11. The number of hydrogen-bond donors (Lipinski definition) is 2. The zero-order valence-corrected chi connectivity index (χ0v) is 8.86. The molecule has 1 aromatic carbocycles. The van der Waals surface area contributed by atoms with E-state index in [2.05, 4.69) is 5.32 Å². The van der Waals surface area contributed by atoms with Gasteiger partial charge in [0.1, 0.15) is 0 Å². The van der Waals surface area contributed by atoms with Crippen LogP contribution in [0.2, 0.25) is 0 Å². The van der Waals surface area contributed by atoms with Gasteiger partial charge in [0, 0.05) is 29.9 Å². The summed E-state index contributed by atoms with van der Waals surface area (Å²) in [5, 5.41) is 13.6.